The summed E-state index contributed by atoms with van der Waals surface area (Å²) in [6.45, 7) is 2.92. The minimum absolute atomic E-state index is 0.0169. The van der Waals surface area contributed by atoms with Gasteiger partial charge < -0.3 is 9.64 Å². The minimum atomic E-state index is -0.140. The molecule has 0 aliphatic carbocycles. The summed E-state index contributed by atoms with van der Waals surface area (Å²) in [4.78, 5) is 37.4. The van der Waals surface area contributed by atoms with Crippen molar-refractivity contribution in [3.05, 3.63) is 48.0 Å². The second kappa shape index (κ2) is 12.4. The van der Waals surface area contributed by atoms with Crippen LogP contribution in [0.1, 0.15) is 44.6 Å². The fourth-order valence-electron chi connectivity index (χ4n) is 3.09. The molecule has 0 bridgehead atoms. The van der Waals surface area contributed by atoms with E-state index in [-0.39, 0.29) is 23.0 Å². The van der Waals surface area contributed by atoms with E-state index in [4.69, 9.17) is 4.74 Å². The zero-order valence-corrected chi connectivity index (χ0v) is 17.3. The number of unbranched alkanes of at least 4 members (excludes halogenated alkanes) is 3. The van der Waals surface area contributed by atoms with E-state index in [9.17, 15) is 14.4 Å². The van der Waals surface area contributed by atoms with Crippen LogP contribution in [0.15, 0.2) is 42.5 Å². The maximum atomic E-state index is 12.2. The molecular weight excluding hydrogens is 374 g/mol. The number of esters is 1. The number of amides is 1. The number of benzene rings is 1. The molecule has 0 aromatic heterocycles. The van der Waals surface area contributed by atoms with Gasteiger partial charge in [0.05, 0.1) is 12.6 Å². The molecule has 152 valence electrons. The van der Waals surface area contributed by atoms with Crippen LogP contribution >= 0.6 is 11.8 Å². The number of allylic oxidation sites excluding steroid dienone is 1. The van der Waals surface area contributed by atoms with Crippen molar-refractivity contribution < 1.29 is 19.1 Å². The van der Waals surface area contributed by atoms with Crippen molar-refractivity contribution in [1.29, 1.82) is 0 Å². The molecule has 1 amide bonds. The summed E-state index contributed by atoms with van der Waals surface area (Å²) in [5.74, 6) is 0.602. The summed E-state index contributed by atoms with van der Waals surface area (Å²) in [6.07, 6.45) is 7.96. The molecule has 2 rings (SSSR count). The van der Waals surface area contributed by atoms with E-state index in [0.717, 1.165) is 31.2 Å². The zero-order chi connectivity index (χ0) is 20.2. The first-order chi connectivity index (χ1) is 13.6. The lowest BCUT2D eigenvalue weighted by Gasteiger charge is -2.21. The molecule has 1 aromatic rings. The average molecular weight is 404 g/mol. The predicted molar refractivity (Wildman–Crippen MR) is 112 cm³/mol. The molecule has 1 aromatic carbocycles. The molecule has 1 aliphatic heterocycles. The van der Waals surface area contributed by atoms with Crippen LogP contribution in [0.4, 0.5) is 4.79 Å². The van der Waals surface area contributed by atoms with Crippen molar-refractivity contribution in [3.63, 3.8) is 0 Å². The molecule has 5 nitrogen and oxygen atoms in total. The monoisotopic (exact) mass is 403 g/mol. The Labute approximate surface area is 171 Å². The van der Waals surface area contributed by atoms with E-state index >= 15 is 0 Å². The van der Waals surface area contributed by atoms with Gasteiger partial charge in [-0.3, -0.25) is 14.4 Å². The highest BCUT2D eigenvalue weighted by molar-refractivity contribution is 8.13. The van der Waals surface area contributed by atoms with Crippen molar-refractivity contribution in [1.82, 2.24) is 4.90 Å². The first-order valence-electron chi connectivity index (χ1n) is 9.94. The van der Waals surface area contributed by atoms with Gasteiger partial charge in [-0.05, 0) is 31.4 Å². The molecule has 0 saturated carbocycles. The van der Waals surface area contributed by atoms with Crippen LogP contribution in [-0.4, -0.2) is 46.8 Å². The summed E-state index contributed by atoms with van der Waals surface area (Å²) in [7, 11) is 0. The van der Waals surface area contributed by atoms with Gasteiger partial charge in [0.25, 0.3) is 5.24 Å². The molecule has 1 aliphatic rings. The molecule has 28 heavy (non-hydrogen) atoms. The predicted octanol–water partition coefficient (Wildman–Crippen LogP) is 4.41. The lowest BCUT2D eigenvalue weighted by atomic mass is 10.1. The molecule has 0 spiro atoms. The smallest absolute Gasteiger partial charge is 0.305 e. The summed E-state index contributed by atoms with van der Waals surface area (Å²) < 4.78 is 4.91. The van der Waals surface area contributed by atoms with Gasteiger partial charge in [-0.2, -0.15) is 0 Å². The van der Waals surface area contributed by atoms with E-state index in [1.807, 2.05) is 48.2 Å². The number of ketones is 1. The Morgan fingerprint density at radius 3 is 2.68 bits per heavy atom. The van der Waals surface area contributed by atoms with Crippen molar-refractivity contribution in [2.24, 2.45) is 0 Å². The normalized spacial score (nSPS) is 16.7. The second-order valence-electron chi connectivity index (χ2n) is 6.79. The summed E-state index contributed by atoms with van der Waals surface area (Å²) >= 11 is 1.31. The maximum absolute atomic E-state index is 12.2. The quantitative estimate of drug-likeness (QED) is 0.294. The highest BCUT2D eigenvalue weighted by Crippen LogP contribution is 2.25. The van der Waals surface area contributed by atoms with Gasteiger partial charge in [0.15, 0.2) is 5.78 Å². The molecule has 1 saturated heterocycles. The molecule has 1 fully saturated rings. The van der Waals surface area contributed by atoms with E-state index in [1.54, 1.807) is 6.08 Å². The summed E-state index contributed by atoms with van der Waals surface area (Å²) in [5, 5.41) is 0.0803. The Morgan fingerprint density at radius 1 is 1.18 bits per heavy atom. The third-order valence-corrected chi connectivity index (χ3v) is 5.56. The van der Waals surface area contributed by atoms with Crippen LogP contribution in [0, 0.1) is 0 Å². The standard InChI is InChI=1S/C22H29NO4S/c1-2-27-21(25)12-8-3-4-9-15-23-19(17-28-22(23)26)13-14-20(24)16-18-10-6-5-7-11-18/h5-7,10-11,13-14,19H,2-4,8-9,12,15-17H2,1H3. The van der Waals surface area contributed by atoms with Crippen LogP contribution in [0.5, 0.6) is 0 Å². The Balaban J connectivity index is 1.70. The van der Waals surface area contributed by atoms with Gasteiger partial charge >= 0.3 is 5.97 Å². The Hall–Kier alpha value is -2.08. The van der Waals surface area contributed by atoms with E-state index < -0.39 is 0 Å². The van der Waals surface area contributed by atoms with Crippen LogP contribution in [-0.2, 0) is 20.7 Å². The van der Waals surface area contributed by atoms with Gasteiger partial charge in [-0.15, -0.1) is 0 Å². The fourth-order valence-corrected chi connectivity index (χ4v) is 4.09. The van der Waals surface area contributed by atoms with Crippen molar-refractivity contribution in [2.45, 2.75) is 51.5 Å². The number of ether oxygens (including phenoxy) is 1. The first-order valence-corrected chi connectivity index (χ1v) is 10.9. The number of thioether (sulfide) groups is 1. The molecule has 1 atom stereocenters. The number of rotatable bonds is 12. The zero-order valence-electron chi connectivity index (χ0n) is 16.5. The molecule has 1 heterocycles. The highest BCUT2D eigenvalue weighted by atomic mass is 32.2. The number of hydrogen-bond acceptors (Lipinski definition) is 5. The van der Waals surface area contributed by atoms with Crippen LogP contribution < -0.4 is 0 Å². The van der Waals surface area contributed by atoms with E-state index in [1.165, 1.54) is 11.8 Å². The van der Waals surface area contributed by atoms with Gasteiger partial charge in [0, 0.05) is 25.1 Å². The lowest BCUT2D eigenvalue weighted by molar-refractivity contribution is -0.143. The Bertz CT molecular complexity index is 674. The van der Waals surface area contributed by atoms with Crippen LogP contribution in [0.2, 0.25) is 0 Å². The minimum Gasteiger partial charge on any atom is -0.466 e. The SMILES string of the molecule is CCOC(=O)CCCCCCN1C(=O)SCC1C=CC(=O)Cc1ccccc1. The van der Waals surface area contributed by atoms with Gasteiger partial charge in [0.1, 0.15) is 0 Å². The van der Waals surface area contributed by atoms with Crippen molar-refractivity contribution in [2.75, 3.05) is 18.9 Å². The van der Waals surface area contributed by atoms with Crippen LogP contribution in [0.25, 0.3) is 0 Å². The first kappa shape index (κ1) is 22.2. The van der Waals surface area contributed by atoms with Gasteiger partial charge in [-0.1, -0.05) is 61.0 Å². The Morgan fingerprint density at radius 2 is 1.93 bits per heavy atom. The van der Waals surface area contributed by atoms with E-state index in [0.29, 0.717) is 31.7 Å². The number of hydrogen-bond donors (Lipinski definition) is 0. The van der Waals surface area contributed by atoms with Crippen molar-refractivity contribution >= 4 is 28.8 Å². The number of nitrogens with zero attached hydrogens (tertiary/aromatic N) is 1. The summed E-state index contributed by atoms with van der Waals surface area (Å²) in [6, 6.07) is 9.64. The van der Waals surface area contributed by atoms with Crippen LogP contribution in [0.3, 0.4) is 0 Å². The topological polar surface area (TPSA) is 63.7 Å². The summed E-state index contributed by atoms with van der Waals surface area (Å²) in [5.41, 5.74) is 0.994. The highest BCUT2D eigenvalue weighted by Gasteiger charge is 2.29. The van der Waals surface area contributed by atoms with E-state index in [2.05, 4.69) is 0 Å². The largest absolute Gasteiger partial charge is 0.466 e. The maximum Gasteiger partial charge on any atom is 0.305 e. The third kappa shape index (κ3) is 7.89. The Kier molecular flexibility index (Phi) is 9.83. The molecule has 0 N–H and O–H groups in total. The number of carbonyl (C=O) groups is 3. The second-order valence-corrected chi connectivity index (χ2v) is 7.77. The number of carbonyl (C=O) groups excluding carboxylic acids is 3. The third-order valence-electron chi connectivity index (χ3n) is 4.57. The van der Waals surface area contributed by atoms with Crippen molar-refractivity contribution in [3.8, 4) is 0 Å². The van der Waals surface area contributed by atoms with Gasteiger partial charge in [0.2, 0.25) is 0 Å². The van der Waals surface area contributed by atoms with Gasteiger partial charge in [-0.25, -0.2) is 0 Å². The molecule has 0 radical (unpaired) electrons. The molecular formula is C22H29NO4S. The molecule has 6 heteroatoms. The lowest BCUT2D eigenvalue weighted by Crippen LogP contribution is -2.32. The fraction of sp³-hybridized carbons (Fsp3) is 0.500. The average Bonchev–Trinajstić information content (AvgIpc) is 3.03. The molecule has 1 unspecified atom stereocenters.